The second-order valence-corrected chi connectivity index (χ2v) is 10.9. The maximum Gasteiger partial charge on any atom is 0.241 e. The summed E-state index contributed by atoms with van der Waals surface area (Å²) >= 11 is 0. The molecular weight excluding hydrogens is 350 g/mol. The van der Waals surface area contributed by atoms with Gasteiger partial charge in [-0.1, -0.05) is 0 Å². The molecule has 5 nitrogen and oxygen atoms in total. The van der Waals surface area contributed by atoms with Gasteiger partial charge in [0.15, 0.2) is 0 Å². The van der Waals surface area contributed by atoms with Crippen LogP contribution in [-0.4, -0.2) is 48.9 Å². The van der Waals surface area contributed by atoms with Crippen LogP contribution in [0, 0.1) is 29.1 Å². The highest BCUT2D eigenvalue weighted by Crippen LogP contribution is 2.61. The first kappa shape index (κ1) is 18.9. The van der Waals surface area contributed by atoms with E-state index in [1.165, 1.54) is 51.4 Å². The molecule has 28 heavy (non-hydrogen) atoms. The molecule has 156 valence electrons. The lowest BCUT2D eigenvalue weighted by Crippen LogP contribution is -2.50. The summed E-state index contributed by atoms with van der Waals surface area (Å²) in [6, 6.07) is 0.565. The highest BCUT2D eigenvalue weighted by molar-refractivity contribution is 5.85. The van der Waals surface area contributed by atoms with Crippen LogP contribution in [0.2, 0.25) is 0 Å². The Morgan fingerprint density at radius 1 is 0.893 bits per heavy atom. The van der Waals surface area contributed by atoms with E-state index >= 15 is 0 Å². The van der Waals surface area contributed by atoms with Gasteiger partial charge >= 0.3 is 0 Å². The van der Waals surface area contributed by atoms with Gasteiger partial charge < -0.3 is 15.5 Å². The van der Waals surface area contributed by atoms with Crippen molar-refractivity contribution in [3.63, 3.8) is 0 Å². The first-order valence-corrected chi connectivity index (χ1v) is 11.8. The summed E-state index contributed by atoms with van der Waals surface area (Å²) in [5, 5.41) is 6.63. The Balaban J connectivity index is 1.03. The third-order valence-electron chi connectivity index (χ3n) is 8.38. The third kappa shape index (κ3) is 4.24. The standard InChI is InChI=1S/C23H37N3O2/c27-21(13-23-10-17-7-18(11-23)9-19(8-17)12-23)25-15-22(28)26-5-3-20(4-6-26)24-14-16-1-2-16/h16-20,24H,1-15H2,(H,25,27). The van der Waals surface area contributed by atoms with E-state index in [-0.39, 0.29) is 23.8 Å². The van der Waals surface area contributed by atoms with Gasteiger partial charge in [0.1, 0.15) is 0 Å². The van der Waals surface area contributed by atoms with Gasteiger partial charge in [-0.05, 0) is 99.8 Å². The van der Waals surface area contributed by atoms with Crippen LogP contribution < -0.4 is 10.6 Å². The predicted molar refractivity (Wildman–Crippen MR) is 109 cm³/mol. The van der Waals surface area contributed by atoms with Gasteiger partial charge in [-0.3, -0.25) is 9.59 Å². The molecule has 0 atom stereocenters. The number of nitrogens with zero attached hydrogens (tertiary/aromatic N) is 1. The van der Waals surface area contributed by atoms with Crippen molar-refractivity contribution in [2.75, 3.05) is 26.2 Å². The van der Waals surface area contributed by atoms with Gasteiger partial charge in [0.25, 0.3) is 0 Å². The molecule has 0 spiro atoms. The summed E-state index contributed by atoms with van der Waals surface area (Å²) in [5.41, 5.74) is 0.257. The van der Waals surface area contributed by atoms with Gasteiger partial charge in [-0.2, -0.15) is 0 Å². The summed E-state index contributed by atoms with van der Waals surface area (Å²) in [4.78, 5) is 27.1. The Bertz CT molecular complexity index is 572. The predicted octanol–water partition coefficient (Wildman–Crippen LogP) is 2.70. The zero-order chi connectivity index (χ0) is 19.1. The molecule has 1 saturated heterocycles. The highest BCUT2D eigenvalue weighted by Gasteiger charge is 2.51. The number of nitrogens with one attached hydrogen (secondary N) is 2. The second-order valence-electron chi connectivity index (χ2n) is 10.9. The molecule has 6 rings (SSSR count). The van der Waals surface area contributed by atoms with Crippen LogP contribution in [0.15, 0.2) is 0 Å². The van der Waals surface area contributed by atoms with Gasteiger partial charge in [0.2, 0.25) is 11.8 Å². The number of likely N-dealkylation sites (tertiary alicyclic amines) is 1. The SMILES string of the molecule is O=C(CC12CC3CC(CC(C3)C1)C2)NCC(=O)N1CCC(NCC2CC2)CC1. The summed E-state index contributed by atoms with van der Waals surface area (Å²) in [6.07, 6.45) is 13.5. The smallest absolute Gasteiger partial charge is 0.241 e. The largest absolute Gasteiger partial charge is 0.347 e. The Morgan fingerprint density at radius 3 is 2.07 bits per heavy atom. The van der Waals surface area contributed by atoms with Gasteiger partial charge in [0.05, 0.1) is 6.54 Å². The van der Waals surface area contributed by atoms with Crippen molar-refractivity contribution in [1.82, 2.24) is 15.5 Å². The first-order chi connectivity index (χ1) is 13.6. The second kappa shape index (κ2) is 7.62. The fourth-order valence-corrected chi connectivity index (χ4v) is 7.18. The molecule has 6 fully saturated rings. The molecule has 1 heterocycles. The molecule has 0 aromatic rings. The van der Waals surface area contributed by atoms with Crippen molar-refractivity contribution < 1.29 is 9.59 Å². The Labute approximate surface area is 169 Å². The fourth-order valence-electron chi connectivity index (χ4n) is 7.18. The first-order valence-electron chi connectivity index (χ1n) is 11.8. The van der Waals surface area contributed by atoms with E-state index < -0.39 is 0 Å². The normalized spacial score (nSPS) is 37.3. The molecule has 1 aliphatic heterocycles. The summed E-state index contributed by atoms with van der Waals surface area (Å²) in [7, 11) is 0. The number of piperidine rings is 1. The number of amides is 2. The topological polar surface area (TPSA) is 61.4 Å². The third-order valence-corrected chi connectivity index (χ3v) is 8.38. The van der Waals surface area contributed by atoms with Gasteiger partial charge in [-0.15, -0.1) is 0 Å². The molecular formula is C23H37N3O2. The molecule has 2 N–H and O–H groups in total. The molecule has 5 aliphatic carbocycles. The zero-order valence-corrected chi connectivity index (χ0v) is 17.3. The lowest BCUT2D eigenvalue weighted by molar-refractivity contribution is -0.136. The van der Waals surface area contributed by atoms with Gasteiger partial charge in [-0.25, -0.2) is 0 Å². The number of hydrogen-bond acceptors (Lipinski definition) is 3. The van der Waals surface area contributed by atoms with Crippen molar-refractivity contribution in [3.05, 3.63) is 0 Å². The molecule has 0 aromatic heterocycles. The van der Waals surface area contributed by atoms with Crippen LogP contribution in [-0.2, 0) is 9.59 Å². The number of rotatable bonds is 7. The molecule has 0 aromatic carbocycles. The Hall–Kier alpha value is -1.10. The highest BCUT2D eigenvalue weighted by atomic mass is 16.2. The summed E-state index contributed by atoms with van der Waals surface area (Å²) in [6.45, 7) is 2.99. The van der Waals surface area contributed by atoms with Crippen molar-refractivity contribution >= 4 is 11.8 Å². The number of carbonyl (C=O) groups is 2. The minimum Gasteiger partial charge on any atom is -0.347 e. The average molecular weight is 388 g/mol. The lowest BCUT2D eigenvalue weighted by atomic mass is 9.49. The fraction of sp³-hybridized carbons (Fsp3) is 0.913. The molecule has 0 radical (unpaired) electrons. The van der Waals surface area contributed by atoms with E-state index in [0.717, 1.165) is 56.1 Å². The zero-order valence-electron chi connectivity index (χ0n) is 17.3. The monoisotopic (exact) mass is 387 g/mol. The van der Waals surface area contributed by atoms with Crippen molar-refractivity contribution in [2.45, 2.75) is 76.7 Å². The number of hydrogen-bond donors (Lipinski definition) is 2. The number of carbonyl (C=O) groups excluding carboxylic acids is 2. The summed E-state index contributed by atoms with van der Waals surface area (Å²) in [5.74, 6) is 3.72. The van der Waals surface area contributed by atoms with Crippen LogP contribution in [0.4, 0.5) is 0 Å². The quantitative estimate of drug-likeness (QED) is 0.706. The molecule has 2 amide bonds. The minimum atomic E-state index is 0.0968. The maximum atomic E-state index is 12.6. The van der Waals surface area contributed by atoms with Crippen molar-refractivity contribution in [3.8, 4) is 0 Å². The van der Waals surface area contributed by atoms with Crippen LogP contribution in [0.3, 0.4) is 0 Å². The summed E-state index contributed by atoms with van der Waals surface area (Å²) < 4.78 is 0. The van der Waals surface area contributed by atoms with Crippen molar-refractivity contribution in [1.29, 1.82) is 0 Å². The molecule has 5 saturated carbocycles. The molecule has 0 unspecified atom stereocenters. The molecule has 5 heteroatoms. The van der Waals surface area contributed by atoms with E-state index in [2.05, 4.69) is 10.6 Å². The average Bonchev–Trinajstić information content (AvgIpc) is 3.48. The Kier molecular flexibility index (Phi) is 5.14. The van der Waals surface area contributed by atoms with Crippen molar-refractivity contribution in [2.24, 2.45) is 29.1 Å². The lowest BCUT2D eigenvalue weighted by Gasteiger charge is -2.56. The van der Waals surface area contributed by atoms with Crippen LogP contribution in [0.25, 0.3) is 0 Å². The van der Waals surface area contributed by atoms with Crippen LogP contribution >= 0.6 is 0 Å². The van der Waals surface area contributed by atoms with E-state index in [4.69, 9.17) is 0 Å². The van der Waals surface area contributed by atoms with Crippen LogP contribution in [0.1, 0.15) is 70.6 Å². The molecule has 6 aliphatic rings. The molecule has 4 bridgehead atoms. The maximum absolute atomic E-state index is 12.6. The van der Waals surface area contributed by atoms with E-state index in [9.17, 15) is 9.59 Å². The Morgan fingerprint density at radius 2 is 1.50 bits per heavy atom. The van der Waals surface area contributed by atoms with Crippen LogP contribution in [0.5, 0.6) is 0 Å². The van der Waals surface area contributed by atoms with E-state index in [1.54, 1.807) is 0 Å². The van der Waals surface area contributed by atoms with E-state index in [0.29, 0.717) is 12.5 Å². The van der Waals surface area contributed by atoms with E-state index in [1.807, 2.05) is 4.90 Å². The van der Waals surface area contributed by atoms with Gasteiger partial charge in [0, 0.05) is 25.6 Å². The minimum absolute atomic E-state index is 0.0968.